The van der Waals surface area contributed by atoms with Crippen molar-refractivity contribution in [3.63, 3.8) is 0 Å². The van der Waals surface area contributed by atoms with Gasteiger partial charge in [-0.3, -0.25) is 0 Å². The lowest BCUT2D eigenvalue weighted by atomic mass is 9.95. The molecule has 4 heteroatoms. The minimum Gasteiger partial charge on any atom is -0.337 e. The molecule has 3 nitrogen and oxygen atoms in total. The summed E-state index contributed by atoms with van der Waals surface area (Å²) in [6, 6.07) is 14.2. The van der Waals surface area contributed by atoms with E-state index in [0.717, 1.165) is 12.8 Å². The molecule has 2 aromatic carbocycles. The normalized spacial score (nSPS) is 15.2. The number of hydrogen-bond donors (Lipinski definition) is 2. The van der Waals surface area contributed by atoms with Crippen molar-refractivity contribution in [1.82, 2.24) is 5.32 Å². The summed E-state index contributed by atoms with van der Waals surface area (Å²) in [5, 5.41) is 5.40. The van der Waals surface area contributed by atoms with Gasteiger partial charge in [-0.25, -0.2) is 9.18 Å². The highest BCUT2D eigenvalue weighted by Crippen LogP contribution is 2.47. The highest BCUT2D eigenvalue weighted by atomic mass is 19.1. The molecular formula is C18H19FN2O. The van der Waals surface area contributed by atoms with Gasteiger partial charge in [0.1, 0.15) is 5.82 Å². The maximum Gasteiger partial charge on any atom is 0.319 e. The zero-order valence-corrected chi connectivity index (χ0v) is 12.5. The zero-order valence-electron chi connectivity index (χ0n) is 12.5. The first kappa shape index (κ1) is 14.6. The summed E-state index contributed by atoms with van der Waals surface area (Å²) >= 11 is 0. The van der Waals surface area contributed by atoms with E-state index in [4.69, 9.17) is 0 Å². The van der Waals surface area contributed by atoms with E-state index in [0.29, 0.717) is 6.54 Å². The highest BCUT2D eigenvalue weighted by Gasteiger charge is 2.44. The fourth-order valence-corrected chi connectivity index (χ4v) is 2.60. The molecule has 0 heterocycles. The number of nitrogens with one attached hydrogen (secondary N) is 2. The fraction of sp³-hybridized carbons (Fsp3) is 0.278. The molecule has 2 N–H and O–H groups in total. The van der Waals surface area contributed by atoms with Gasteiger partial charge < -0.3 is 10.6 Å². The second-order valence-electron chi connectivity index (χ2n) is 5.93. The number of hydrogen-bond acceptors (Lipinski definition) is 1. The van der Waals surface area contributed by atoms with Crippen LogP contribution in [0.5, 0.6) is 0 Å². The van der Waals surface area contributed by atoms with E-state index in [2.05, 4.69) is 41.8 Å². The van der Waals surface area contributed by atoms with Crippen LogP contribution in [0, 0.1) is 12.7 Å². The van der Waals surface area contributed by atoms with Gasteiger partial charge in [-0.2, -0.15) is 0 Å². The lowest BCUT2D eigenvalue weighted by Gasteiger charge is -2.17. The molecule has 0 radical (unpaired) electrons. The van der Waals surface area contributed by atoms with Crippen LogP contribution in [-0.2, 0) is 5.41 Å². The van der Waals surface area contributed by atoms with Crippen LogP contribution < -0.4 is 10.6 Å². The molecule has 1 aliphatic carbocycles. The van der Waals surface area contributed by atoms with Gasteiger partial charge in [0, 0.05) is 12.0 Å². The highest BCUT2D eigenvalue weighted by molar-refractivity contribution is 5.89. The van der Waals surface area contributed by atoms with Gasteiger partial charge in [-0.05, 0) is 37.5 Å². The van der Waals surface area contributed by atoms with E-state index in [1.165, 1.54) is 17.2 Å². The van der Waals surface area contributed by atoms with Crippen molar-refractivity contribution < 1.29 is 9.18 Å². The average molecular weight is 298 g/mol. The molecule has 0 bridgehead atoms. The first-order valence-electron chi connectivity index (χ1n) is 7.46. The SMILES string of the molecule is Cc1ccc(C2(CNC(=O)Nc3ccccc3F)CC2)cc1. The van der Waals surface area contributed by atoms with E-state index >= 15 is 0 Å². The summed E-state index contributed by atoms with van der Waals surface area (Å²) in [4.78, 5) is 11.9. The molecule has 1 fully saturated rings. The van der Waals surface area contributed by atoms with Gasteiger partial charge in [0.15, 0.2) is 0 Å². The maximum atomic E-state index is 13.5. The number of carbonyl (C=O) groups is 1. The second-order valence-corrected chi connectivity index (χ2v) is 5.93. The van der Waals surface area contributed by atoms with Crippen molar-refractivity contribution in [3.05, 3.63) is 65.5 Å². The number of urea groups is 1. The number of halogens is 1. The Bertz CT molecular complexity index is 678. The third kappa shape index (κ3) is 3.11. The summed E-state index contributed by atoms with van der Waals surface area (Å²) < 4.78 is 13.5. The van der Waals surface area contributed by atoms with Crippen molar-refractivity contribution in [2.45, 2.75) is 25.2 Å². The number of anilines is 1. The molecule has 0 aromatic heterocycles. The fourth-order valence-electron chi connectivity index (χ4n) is 2.60. The predicted molar refractivity (Wildman–Crippen MR) is 85.5 cm³/mol. The van der Waals surface area contributed by atoms with Crippen LogP contribution in [0.25, 0.3) is 0 Å². The van der Waals surface area contributed by atoms with Crippen molar-refractivity contribution in [1.29, 1.82) is 0 Å². The van der Waals surface area contributed by atoms with Crippen molar-refractivity contribution in [3.8, 4) is 0 Å². The molecule has 1 aliphatic rings. The Kier molecular flexibility index (Phi) is 3.84. The Labute approximate surface area is 129 Å². The molecule has 22 heavy (non-hydrogen) atoms. The van der Waals surface area contributed by atoms with E-state index < -0.39 is 5.82 Å². The molecule has 2 amide bonds. The third-order valence-corrected chi connectivity index (χ3v) is 4.23. The van der Waals surface area contributed by atoms with Crippen LogP contribution in [0.2, 0.25) is 0 Å². The largest absolute Gasteiger partial charge is 0.337 e. The zero-order chi connectivity index (χ0) is 15.6. The van der Waals surface area contributed by atoms with E-state index in [9.17, 15) is 9.18 Å². The Hall–Kier alpha value is -2.36. The second kappa shape index (κ2) is 5.79. The van der Waals surface area contributed by atoms with E-state index in [-0.39, 0.29) is 17.1 Å². The van der Waals surface area contributed by atoms with Crippen LogP contribution >= 0.6 is 0 Å². The van der Waals surface area contributed by atoms with Gasteiger partial charge in [0.25, 0.3) is 0 Å². The smallest absolute Gasteiger partial charge is 0.319 e. The summed E-state index contributed by atoms with van der Waals surface area (Å²) in [5.41, 5.74) is 2.72. The van der Waals surface area contributed by atoms with Crippen molar-refractivity contribution in [2.75, 3.05) is 11.9 Å². The maximum absolute atomic E-state index is 13.5. The average Bonchev–Trinajstić information content (AvgIpc) is 3.29. The van der Waals surface area contributed by atoms with Crippen molar-refractivity contribution >= 4 is 11.7 Å². The Balaban J connectivity index is 1.59. The number of para-hydroxylation sites is 1. The molecule has 0 aliphatic heterocycles. The van der Waals surface area contributed by atoms with Crippen LogP contribution in [0.4, 0.5) is 14.9 Å². The van der Waals surface area contributed by atoms with E-state index in [1.54, 1.807) is 18.2 Å². The van der Waals surface area contributed by atoms with Gasteiger partial charge in [-0.1, -0.05) is 42.0 Å². The van der Waals surface area contributed by atoms with Gasteiger partial charge in [0.05, 0.1) is 5.69 Å². The summed E-state index contributed by atoms with van der Waals surface area (Å²) in [6.07, 6.45) is 2.13. The Morgan fingerprint density at radius 2 is 1.82 bits per heavy atom. The number of rotatable bonds is 4. The first-order valence-corrected chi connectivity index (χ1v) is 7.46. The molecule has 0 spiro atoms. The third-order valence-electron chi connectivity index (χ3n) is 4.23. The minimum atomic E-state index is -0.433. The molecule has 114 valence electrons. The molecule has 0 unspecified atom stereocenters. The molecular weight excluding hydrogens is 279 g/mol. The minimum absolute atomic E-state index is 0.0419. The van der Waals surface area contributed by atoms with E-state index in [1.807, 2.05) is 0 Å². The van der Waals surface area contributed by atoms with Gasteiger partial charge in [0.2, 0.25) is 0 Å². The number of carbonyl (C=O) groups excluding carboxylic acids is 1. The molecule has 0 atom stereocenters. The first-order chi connectivity index (χ1) is 10.6. The predicted octanol–water partition coefficient (Wildman–Crippen LogP) is 3.99. The molecule has 0 saturated heterocycles. The quantitative estimate of drug-likeness (QED) is 0.880. The number of amides is 2. The Morgan fingerprint density at radius 1 is 1.14 bits per heavy atom. The molecule has 3 rings (SSSR count). The standard InChI is InChI=1S/C18H19FN2O/c1-13-6-8-14(9-7-13)18(10-11-18)12-20-17(22)21-16-5-3-2-4-15(16)19/h2-9H,10-12H2,1H3,(H2,20,21,22). The monoisotopic (exact) mass is 298 g/mol. The van der Waals surface area contributed by atoms with Crippen LogP contribution in [0.15, 0.2) is 48.5 Å². The van der Waals surface area contributed by atoms with Crippen LogP contribution in [0.1, 0.15) is 24.0 Å². The van der Waals surface area contributed by atoms with Crippen molar-refractivity contribution in [2.24, 2.45) is 0 Å². The number of aryl methyl sites for hydroxylation is 1. The summed E-state index contributed by atoms with van der Waals surface area (Å²) in [6.45, 7) is 2.62. The summed E-state index contributed by atoms with van der Waals surface area (Å²) in [5.74, 6) is -0.433. The molecule has 2 aromatic rings. The van der Waals surface area contributed by atoms with Gasteiger partial charge in [-0.15, -0.1) is 0 Å². The lowest BCUT2D eigenvalue weighted by Crippen LogP contribution is -2.35. The number of benzene rings is 2. The van der Waals surface area contributed by atoms with Crippen LogP contribution in [0.3, 0.4) is 0 Å². The van der Waals surface area contributed by atoms with Gasteiger partial charge >= 0.3 is 6.03 Å². The molecule has 1 saturated carbocycles. The Morgan fingerprint density at radius 3 is 2.45 bits per heavy atom. The van der Waals surface area contributed by atoms with Crippen LogP contribution in [-0.4, -0.2) is 12.6 Å². The summed E-state index contributed by atoms with van der Waals surface area (Å²) in [7, 11) is 0. The lowest BCUT2D eigenvalue weighted by molar-refractivity contribution is 0.251. The topological polar surface area (TPSA) is 41.1 Å².